The van der Waals surface area contributed by atoms with Crippen LogP contribution in [0.25, 0.3) is 0 Å². The fraction of sp³-hybridized carbons (Fsp3) is 0.333. The van der Waals surface area contributed by atoms with E-state index in [1.165, 1.54) is 4.68 Å². The Morgan fingerprint density at radius 2 is 2.12 bits per heavy atom. The third kappa shape index (κ3) is 3.33. The lowest BCUT2D eigenvalue weighted by Gasteiger charge is -2.17. The second-order valence-corrected chi connectivity index (χ2v) is 7.45. The minimum Gasteiger partial charge on any atom is -0.368 e. The van der Waals surface area contributed by atoms with Gasteiger partial charge in [0, 0.05) is 26.6 Å². The minimum atomic E-state index is -1.10. The van der Waals surface area contributed by atoms with Crippen LogP contribution in [0.3, 0.4) is 0 Å². The van der Waals surface area contributed by atoms with E-state index in [-0.39, 0.29) is 11.6 Å². The van der Waals surface area contributed by atoms with Crippen LogP contribution in [0.5, 0.6) is 0 Å². The average molecular weight is 465 g/mol. The molecule has 2 aromatic rings. The van der Waals surface area contributed by atoms with E-state index in [1.54, 1.807) is 19.0 Å². The average Bonchev–Trinajstić information content (AvgIpc) is 3.01. The largest absolute Gasteiger partial charge is 0.368 e. The lowest BCUT2D eigenvalue weighted by Crippen LogP contribution is -2.32. The smallest absolute Gasteiger partial charge is 0.239 e. The van der Waals surface area contributed by atoms with Crippen molar-refractivity contribution in [3.8, 4) is 0 Å². The molecule has 6 nitrogen and oxygen atoms in total. The van der Waals surface area contributed by atoms with Crippen molar-refractivity contribution in [1.82, 2.24) is 19.7 Å². The number of pyridine rings is 1. The van der Waals surface area contributed by atoms with Crippen molar-refractivity contribution in [3.05, 3.63) is 39.3 Å². The predicted molar refractivity (Wildman–Crippen MR) is 100 cm³/mol. The SMILES string of the molecule is CN1C[C@H](c2nn(C)c(Cl)c2Br)[C@@H](C(=O)Nc2ccc(F)nc2F)C1=S. The van der Waals surface area contributed by atoms with Gasteiger partial charge in [-0.2, -0.15) is 18.9 Å². The van der Waals surface area contributed by atoms with Crippen LogP contribution in [-0.4, -0.2) is 44.2 Å². The molecule has 1 aliphatic rings. The molecule has 3 heterocycles. The van der Waals surface area contributed by atoms with Crippen LogP contribution in [0, 0.1) is 17.8 Å². The number of likely N-dealkylation sites (N-methyl/N-ethyl adjacent to an activating group) is 1. The second kappa shape index (κ2) is 7.16. The number of likely N-dealkylation sites (tertiary alicyclic amines) is 1. The van der Waals surface area contributed by atoms with Gasteiger partial charge in [-0.25, -0.2) is 0 Å². The molecule has 0 spiro atoms. The molecule has 26 heavy (non-hydrogen) atoms. The van der Waals surface area contributed by atoms with Gasteiger partial charge in [0.05, 0.1) is 26.8 Å². The summed E-state index contributed by atoms with van der Waals surface area (Å²) in [6.45, 7) is 0.451. The third-order valence-electron chi connectivity index (χ3n) is 4.17. The number of nitrogens with zero attached hydrogens (tertiary/aromatic N) is 4. The molecule has 1 amide bonds. The Morgan fingerprint density at radius 1 is 1.42 bits per heavy atom. The first-order chi connectivity index (χ1) is 12.2. The molecule has 2 atom stereocenters. The monoisotopic (exact) mass is 463 g/mol. The zero-order valence-electron chi connectivity index (χ0n) is 13.6. The number of hydrogen-bond donors (Lipinski definition) is 1. The molecule has 1 N–H and O–H groups in total. The standard InChI is InChI=1S/C15H13BrClF2N5OS/c1-23-5-6(11-10(16)12(17)24(2)22-11)9(15(23)26)14(25)20-7-3-4-8(18)21-13(7)19/h3-4,6,9H,5H2,1-2H3,(H,20,25)/t6-,9-/m0/s1. The molecule has 3 rings (SSSR count). The van der Waals surface area contributed by atoms with E-state index in [2.05, 4.69) is 31.3 Å². The van der Waals surface area contributed by atoms with Crippen molar-refractivity contribution < 1.29 is 13.6 Å². The fourth-order valence-corrected chi connectivity index (χ4v) is 4.00. The summed E-state index contributed by atoms with van der Waals surface area (Å²) in [5.41, 5.74) is 0.368. The molecule has 0 bridgehead atoms. The Balaban J connectivity index is 1.93. The van der Waals surface area contributed by atoms with Gasteiger partial charge in [0.1, 0.15) is 5.15 Å². The molecule has 1 aliphatic heterocycles. The van der Waals surface area contributed by atoms with Crippen molar-refractivity contribution in [3.63, 3.8) is 0 Å². The van der Waals surface area contributed by atoms with Crippen molar-refractivity contribution in [2.45, 2.75) is 5.92 Å². The van der Waals surface area contributed by atoms with Gasteiger partial charge in [-0.15, -0.1) is 0 Å². The van der Waals surface area contributed by atoms with Gasteiger partial charge in [-0.05, 0) is 28.1 Å². The Morgan fingerprint density at radius 3 is 2.69 bits per heavy atom. The molecule has 0 saturated carbocycles. The van der Waals surface area contributed by atoms with Gasteiger partial charge >= 0.3 is 0 Å². The first-order valence-corrected chi connectivity index (χ1v) is 9.04. The molecule has 0 aliphatic carbocycles. The number of nitrogens with one attached hydrogen (secondary N) is 1. The van der Waals surface area contributed by atoms with E-state index < -0.39 is 23.7 Å². The predicted octanol–water partition coefficient (Wildman–Crippen LogP) is 3.12. The number of carbonyl (C=O) groups excluding carboxylic acids is 1. The summed E-state index contributed by atoms with van der Waals surface area (Å²) in [5.74, 6) is -3.74. The molecule has 0 radical (unpaired) electrons. The van der Waals surface area contributed by atoms with E-state index in [1.807, 2.05) is 0 Å². The van der Waals surface area contributed by atoms with E-state index in [0.717, 1.165) is 12.1 Å². The quantitative estimate of drug-likeness (QED) is 0.559. The van der Waals surface area contributed by atoms with Crippen LogP contribution in [0.15, 0.2) is 16.6 Å². The molecule has 1 saturated heterocycles. The molecular weight excluding hydrogens is 452 g/mol. The van der Waals surface area contributed by atoms with Gasteiger partial charge < -0.3 is 10.2 Å². The molecule has 1 fully saturated rings. The number of aryl methyl sites for hydroxylation is 1. The van der Waals surface area contributed by atoms with Gasteiger partial charge in [-0.1, -0.05) is 23.8 Å². The summed E-state index contributed by atoms with van der Waals surface area (Å²) in [4.78, 5) is 18.0. The van der Waals surface area contributed by atoms with Gasteiger partial charge in [0.15, 0.2) is 0 Å². The number of anilines is 1. The molecule has 0 aromatic carbocycles. The Hall–Kier alpha value is -1.65. The van der Waals surface area contributed by atoms with Crippen LogP contribution in [-0.2, 0) is 11.8 Å². The number of halogens is 4. The van der Waals surface area contributed by atoms with E-state index in [4.69, 9.17) is 23.8 Å². The van der Waals surface area contributed by atoms with Crippen molar-refractivity contribution in [2.24, 2.45) is 13.0 Å². The van der Waals surface area contributed by atoms with Crippen LogP contribution in [0.1, 0.15) is 11.6 Å². The summed E-state index contributed by atoms with van der Waals surface area (Å²) >= 11 is 14.9. The highest BCUT2D eigenvalue weighted by Gasteiger charge is 2.44. The third-order valence-corrected chi connectivity index (χ3v) is 6.18. The maximum Gasteiger partial charge on any atom is 0.239 e. The van der Waals surface area contributed by atoms with Gasteiger partial charge in [0.25, 0.3) is 0 Å². The fourth-order valence-electron chi connectivity index (χ4n) is 2.89. The number of hydrogen-bond acceptors (Lipinski definition) is 4. The molecule has 0 unspecified atom stereocenters. The molecule has 2 aromatic heterocycles. The van der Waals surface area contributed by atoms with Crippen LogP contribution >= 0.6 is 39.7 Å². The van der Waals surface area contributed by atoms with Crippen molar-refractivity contribution in [1.29, 1.82) is 0 Å². The van der Waals surface area contributed by atoms with Crippen LogP contribution in [0.2, 0.25) is 5.15 Å². The topological polar surface area (TPSA) is 63.1 Å². The van der Waals surface area contributed by atoms with Gasteiger partial charge in [-0.3, -0.25) is 9.48 Å². The van der Waals surface area contributed by atoms with Gasteiger partial charge in [0.2, 0.25) is 17.8 Å². The lowest BCUT2D eigenvalue weighted by molar-refractivity contribution is -0.118. The number of aromatic nitrogens is 3. The number of rotatable bonds is 3. The highest BCUT2D eigenvalue weighted by Crippen LogP contribution is 2.39. The van der Waals surface area contributed by atoms with Crippen molar-refractivity contribution in [2.75, 3.05) is 18.9 Å². The Bertz CT molecular complexity index is 908. The van der Waals surface area contributed by atoms with Crippen molar-refractivity contribution >= 4 is 56.3 Å². The number of thiocarbonyl (C=S) groups is 1. The summed E-state index contributed by atoms with van der Waals surface area (Å²) in [5, 5.41) is 7.19. The summed E-state index contributed by atoms with van der Waals surface area (Å²) in [7, 11) is 3.45. The zero-order valence-corrected chi connectivity index (χ0v) is 16.8. The zero-order chi connectivity index (χ0) is 19.2. The van der Waals surface area contributed by atoms with E-state index in [9.17, 15) is 13.6 Å². The highest BCUT2D eigenvalue weighted by atomic mass is 79.9. The number of carbonyl (C=O) groups is 1. The van der Waals surface area contributed by atoms with Crippen LogP contribution < -0.4 is 5.32 Å². The van der Waals surface area contributed by atoms with E-state index >= 15 is 0 Å². The molecular formula is C15H13BrClF2N5OS. The Labute approximate surface area is 166 Å². The molecule has 11 heteroatoms. The second-order valence-electron chi connectivity index (χ2n) is 5.88. The lowest BCUT2D eigenvalue weighted by atomic mass is 9.92. The first-order valence-electron chi connectivity index (χ1n) is 7.46. The summed E-state index contributed by atoms with van der Waals surface area (Å²) in [6.07, 6.45) is 0. The summed E-state index contributed by atoms with van der Waals surface area (Å²) < 4.78 is 28.8. The van der Waals surface area contributed by atoms with E-state index in [0.29, 0.717) is 26.9 Å². The number of amides is 1. The maximum atomic E-state index is 13.8. The van der Waals surface area contributed by atoms with Crippen LogP contribution in [0.4, 0.5) is 14.5 Å². The Kier molecular flexibility index (Phi) is 5.27. The molecule has 138 valence electrons. The minimum absolute atomic E-state index is 0.217. The summed E-state index contributed by atoms with van der Waals surface area (Å²) in [6, 6.07) is 2.07. The normalized spacial score (nSPS) is 19.9. The highest BCUT2D eigenvalue weighted by molar-refractivity contribution is 9.10. The maximum absolute atomic E-state index is 13.8. The first kappa shape index (κ1) is 19.1.